The zero-order chi connectivity index (χ0) is 34.3. The molecule has 8 heteroatoms. The van der Waals surface area contributed by atoms with Gasteiger partial charge in [-0.3, -0.25) is 0 Å². The lowest BCUT2D eigenvalue weighted by atomic mass is 9.80. The van der Waals surface area contributed by atoms with E-state index in [2.05, 4.69) is 43.1 Å². The Morgan fingerprint density at radius 3 is 2.65 bits per heavy atom. The van der Waals surface area contributed by atoms with Gasteiger partial charge < -0.3 is 34.8 Å². The molecule has 1 aliphatic heterocycles. The molecule has 0 radical (unpaired) electrons. The predicted octanol–water partition coefficient (Wildman–Crippen LogP) is 9.53. The van der Waals surface area contributed by atoms with E-state index in [-0.39, 0.29) is 17.8 Å². The summed E-state index contributed by atoms with van der Waals surface area (Å²) >= 11 is 6.50. The zero-order valence-electron chi connectivity index (χ0n) is 29.3. The van der Waals surface area contributed by atoms with Crippen molar-refractivity contribution in [2.45, 2.75) is 83.8 Å². The minimum Gasteiger partial charge on any atom is -0.493 e. The summed E-state index contributed by atoms with van der Waals surface area (Å²) in [4.78, 5) is 3.77. The number of aliphatic hydroxyl groups is 1. The number of ether oxygens (including phenoxy) is 4. The van der Waals surface area contributed by atoms with Crippen molar-refractivity contribution in [2.24, 2.45) is 23.7 Å². The molecule has 4 aromatic rings. The molecule has 6 unspecified atom stereocenters. The lowest BCUT2D eigenvalue weighted by molar-refractivity contribution is -0.0762. The van der Waals surface area contributed by atoms with Crippen molar-refractivity contribution >= 4 is 28.2 Å². The Labute approximate surface area is 296 Å². The van der Waals surface area contributed by atoms with Gasteiger partial charge in [0.05, 0.1) is 13.7 Å². The van der Waals surface area contributed by atoms with Crippen molar-refractivity contribution in [3.05, 3.63) is 82.5 Å². The normalized spacial score (nSPS) is 22.7. The van der Waals surface area contributed by atoms with Gasteiger partial charge in [-0.1, -0.05) is 37.9 Å². The summed E-state index contributed by atoms with van der Waals surface area (Å²) in [5.41, 5.74) is 11.3. The quantitative estimate of drug-likeness (QED) is 0.0594. The molecule has 1 fully saturated rings. The Hall–Kier alpha value is -3.39. The van der Waals surface area contributed by atoms with E-state index in [4.69, 9.17) is 36.3 Å². The lowest BCUT2D eigenvalue weighted by Crippen LogP contribution is -2.31. The van der Waals surface area contributed by atoms with E-state index >= 15 is 0 Å². The van der Waals surface area contributed by atoms with E-state index in [1.165, 1.54) is 24.1 Å². The monoisotopic (exact) mass is 688 g/mol. The van der Waals surface area contributed by atoms with Gasteiger partial charge in [-0.15, -0.1) is 0 Å². The van der Waals surface area contributed by atoms with Gasteiger partial charge in [-0.25, -0.2) is 0 Å². The molecule has 7 nitrogen and oxygen atoms in total. The number of rotatable bonds is 12. The van der Waals surface area contributed by atoms with Gasteiger partial charge in [0.25, 0.3) is 0 Å². The van der Waals surface area contributed by atoms with Crippen molar-refractivity contribution < 1.29 is 24.1 Å². The van der Waals surface area contributed by atoms with Gasteiger partial charge >= 0.3 is 0 Å². The second-order valence-corrected chi connectivity index (χ2v) is 14.7. The molecular weight excluding hydrogens is 636 g/mol. The van der Waals surface area contributed by atoms with Crippen molar-refractivity contribution in [1.29, 1.82) is 0 Å². The molecule has 6 atom stereocenters. The molecule has 2 aliphatic rings. The number of halogens is 1. The first kappa shape index (κ1) is 35.4. The van der Waals surface area contributed by atoms with Gasteiger partial charge in [-0.05, 0) is 135 Å². The fourth-order valence-corrected chi connectivity index (χ4v) is 8.14. The second-order valence-electron chi connectivity index (χ2n) is 14.3. The van der Waals surface area contributed by atoms with Crippen LogP contribution in [0.5, 0.6) is 17.2 Å². The zero-order valence-corrected chi connectivity index (χ0v) is 30.0. The fourth-order valence-electron chi connectivity index (χ4n) is 7.96. The maximum Gasteiger partial charge on any atom is 0.200 e. The molecule has 0 saturated carbocycles. The van der Waals surface area contributed by atoms with Crippen LogP contribution in [0.1, 0.15) is 88.0 Å². The van der Waals surface area contributed by atoms with Gasteiger partial charge in [0.15, 0.2) is 17.8 Å². The Kier molecular flexibility index (Phi) is 12.0. The lowest BCUT2D eigenvalue weighted by Gasteiger charge is -2.30. The first-order valence-corrected chi connectivity index (χ1v) is 18.6. The number of aryl methyl sites for hydroxylation is 1. The number of aromatic nitrogens is 1. The standard InChI is InChI=1S/C41H53ClN2O5/c1-26-19-22-47-20-6-8-28(26)7-4-5-21-48-39-24-30(10-18-38(39)46-3)35-23-29(27(2)41(45)49-33-14-12-32(43)13-15-33)9-16-34-36-25-31(42)11-17-37(36)44-40(34)35/h10-15,17-18,24-29,35,41,44-45H,4-9,16,19-23,43H2,1-3H3. The maximum atomic E-state index is 11.3. The Morgan fingerprint density at radius 1 is 1.00 bits per heavy atom. The highest BCUT2D eigenvalue weighted by Crippen LogP contribution is 2.45. The number of methoxy groups -OCH3 is 1. The van der Waals surface area contributed by atoms with E-state index in [0.717, 1.165) is 97.1 Å². The fraction of sp³-hybridized carbons (Fsp3) is 0.512. The molecule has 0 spiro atoms. The second kappa shape index (κ2) is 16.5. The van der Waals surface area contributed by atoms with Crippen LogP contribution in [0.15, 0.2) is 60.7 Å². The van der Waals surface area contributed by atoms with Gasteiger partial charge in [0, 0.05) is 52.4 Å². The molecule has 1 saturated heterocycles. The van der Waals surface area contributed by atoms with Crippen LogP contribution in [0.25, 0.3) is 10.9 Å². The summed E-state index contributed by atoms with van der Waals surface area (Å²) < 4.78 is 23.9. The third kappa shape index (κ3) is 8.68. The largest absolute Gasteiger partial charge is 0.493 e. The summed E-state index contributed by atoms with van der Waals surface area (Å²) in [5.74, 6) is 3.74. The molecule has 0 bridgehead atoms. The summed E-state index contributed by atoms with van der Waals surface area (Å²) in [7, 11) is 1.70. The Morgan fingerprint density at radius 2 is 1.84 bits per heavy atom. The number of H-pyrrole nitrogens is 1. The number of aromatic amines is 1. The molecule has 49 heavy (non-hydrogen) atoms. The summed E-state index contributed by atoms with van der Waals surface area (Å²) in [6.45, 7) is 6.91. The SMILES string of the molecule is COc1ccc(C2CC(C(C)C(O)Oc3ccc(N)cc3)CCc3c2[nH]c2ccc(Cl)cc32)cc1OCCCCC1CCCOCCC1C. The highest BCUT2D eigenvalue weighted by Gasteiger charge is 2.35. The third-order valence-corrected chi connectivity index (χ3v) is 11.3. The summed E-state index contributed by atoms with van der Waals surface area (Å²) in [6.07, 6.45) is 8.66. The van der Waals surface area contributed by atoms with E-state index < -0.39 is 6.29 Å². The number of fused-ring (bicyclic) bond motifs is 3. The van der Waals surface area contributed by atoms with E-state index in [0.29, 0.717) is 24.0 Å². The van der Waals surface area contributed by atoms with Crippen LogP contribution >= 0.6 is 11.6 Å². The number of hydrogen-bond acceptors (Lipinski definition) is 6. The van der Waals surface area contributed by atoms with Crippen LogP contribution in [0.3, 0.4) is 0 Å². The topological polar surface area (TPSA) is 99.0 Å². The van der Waals surface area contributed by atoms with Crippen molar-refractivity contribution in [2.75, 3.05) is 32.7 Å². The highest BCUT2D eigenvalue weighted by atomic mass is 35.5. The van der Waals surface area contributed by atoms with Crippen molar-refractivity contribution in [3.63, 3.8) is 0 Å². The predicted molar refractivity (Wildman–Crippen MR) is 198 cm³/mol. The molecule has 4 N–H and O–H groups in total. The molecule has 6 rings (SSSR count). The minimum absolute atomic E-state index is 0.0536. The first-order chi connectivity index (χ1) is 23.8. The number of nitrogen functional groups attached to an aromatic ring is 1. The van der Waals surface area contributed by atoms with Crippen LogP contribution in [-0.4, -0.2) is 43.3 Å². The number of anilines is 1. The number of aliphatic hydroxyl groups excluding tert-OH is 1. The van der Waals surface area contributed by atoms with Gasteiger partial charge in [0.1, 0.15) is 5.75 Å². The first-order valence-electron chi connectivity index (χ1n) is 18.2. The number of benzene rings is 3. The van der Waals surface area contributed by atoms with Crippen molar-refractivity contribution in [1.82, 2.24) is 4.98 Å². The molecule has 264 valence electrons. The van der Waals surface area contributed by atoms with E-state index in [1.807, 2.05) is 12.1 Å². The molecular formula is C41H53ClN2O5. The van der Waals surface area contributed by atoms with Crippen LogP contribution in [-0.2, 0) is 11.2 Å². The van der Waals surface area contributed by atoms with E-state index in [1.54, 1.807) is 31.4 Å². The van der Waals surface area contributed by atoms with Crippen LogP contribution in [0.4, 0.5) is 5.69 Å². The summed E-state index contributed by atoms with van der Waals surface area (Å²) in [5, 5.41) is 13.2. The minimum atomic E-state index is -0.953. The number of unbranched alkanes of at least 4 members (excludes halogenated alkanes) is 1. The maximum absolute atomic E-state index is 11.3. The average Bonchev–Trinajstić information content (AvgIpc) is 3.33. The highest BCUT2D eigenvalue weighted by molar-refractivity contribution is 6.31. The van der Waals surface area contributed by atoms with Crippen LogP contribution < -0.4 is 19.9 Å². The smallest absolute Gasteiger partial charge is 0.200 e. The Bertz CT molecular complexity index is 1660. The Balaban J connectivity index is 1.21. The number of nitrogens with one attached hydrogen (secondary N) is 1. The molecule has 0 amide bonds. The third-order valence-electron chi connectivity index (χ3n) is 11.1. The number of hydrogen-bond donors (Lipinski definition) is 3. The molecule has 1 aliphatic carbocycles. The van der Waals surface area contributed by atoms with Crippen LogP contribution in [0, 0.1) is 23.7 Å². The molecule has 1 aromatic heterocycles. The molecule has 2 heterocycles. The average molecular weight is 689 g/mol. The van der Waals surface area contributed by atoms with E-state index in [9.17, 15) is 5.11 Å². The molecule has 3 aromatic carbocycles. The summed E-state index contributed by atoms with van der Waals surface area (Å²) in [6, 6.07) is 19.6. The van der Waals surface area contributed by atoms with Crippen molar-refractivity contribution in [3.8, 4) is 17.2 Å². The van der Waals surface area contributed by atoms with Gasteiger partial charge in [0.2, 0.25) is 0 Å². The number of nitrogens with two attached hydrogens (primary N) is 1. The van der Waals surface area contributed by atoms with Gasteiger partial charge in [-0.2, -0.15) is 0 Å². The van der Waals surface area contributed by atoms with Crippen LogP contribution in [0.2, 0.25) is 5.02 Å².